The van der Waals surface area contributed by atoms with Crippen LogP contribution < -0.4 is 34.1 Å². The number of benzene rings is 4. The number of aryl methyl sites for hydroxylation is 1. The molecule has 3 aromatic heterocycles. The van der Waals surface area contributed by atoms with Crippen molar-refractivity contribution in [2.45, 2.75) is 39.4 Å². The topological polar surface area (TPSA) is 38.7 Å². The molecular weight excluding hydrogens is 815 g/mol. The fraction of sp³-hybridized carbons (Fsp3) is 0.184. The molecule has 3 radical (unpaired) electrons. The fourth-order valence-electron chi connectivity index (χ4n) is 6.80. The van der Waals surface area contributed by atoms with Crippen LogP contribution in [-0.4, -0.2) is 29.8 Å². The minimum atomic E-state index is -0.417. The van der Waals surface area contributed by atoms with Crippen molar-refractivity contribution >= 4 is 96.2 Å². The third kappa shape index (κ3) is 7.62. The number of fused-ring (bicyclic) bond motifs is 6. The number of aromatic nitrogens is 3. The first-order chi connectivity index (χ1) is 23.1. The van der Waals surface area contributed by atoms with E-state index in [1.54, 1.807) is 12.1 Å². The van der Waals surface area contributed by atoms with Gasteiger partial charge in [0.15, 0.2) is 30.6 Å². The van der Waals surface area contributed by atoms with Crippen molar-refractivity contribution in [3.05, 3.63) is 144 Å². The van der Waals surface area contributed by atoms with Crippen LogP contribution in [0.25, 0.3) is 32.7 Å². The second-order valence-corrected chi connectivity index (χ2v) is 14.9. The Morgan fingerprint density at radius 1 is 0.840 bits per heavy atom. The van der Waals surface area contributed by atoms with Crippen molar-refractivity contribution in [3.8, 4) is 0 Å². The summed E-state index contributed by atoms with van der Waals surface area (Å²) in [4.78, 5) is 8.88. The molecule has 1 unspecified atom stereocenters. The van der Waals surface area contributed by atoms with Crippen molar-refractivity contribution < 1.29 is 44.3 Å². The third-order valence-corrected chi connectivity index (χ3v) is 10.7. The van der Waals surface area contributed by atoms with E-state index in [1.165, 1.54) is 16.7 Å². The third-order valence-electron chi connectivity index (χ3n) is 8.93. The van der Waals surface area contributed by atoms with E-state index in [9.17, 15) is 8.78 Å². The number of rotatable bonds is 4. The van der Waals surface area contributed by atoms with Crippen molar-refractivity contribution in [1.29, 1.82) is 0 Å². The molecule has 0 fully saturated rings. The molecule has 0 saturated carbocycles. The Labute approximate surface area is 342 Å². The van der Waals surface area contributed by atoms with Gasteiger partial charge in [0, 0.05) is 70.5 Å². The van der Waals surface area contributed by atoms with Crippen LogP contribution in [0.4, 0.5) is 8.78 Å². The van der Waals surface area contributed by atoms with Crippen LogP contribution in [0.2, 0.25) is 10.0 Å². The smallest absolute Gasteiger partial charge is 1.00 e. The Morgan fingerprint density at radius 3 is 2.02 bits per heavy atom. The summed E-state index contributed by atoms with van der Waals surface area (Å²) in [7, 11) is 0. The van der Waals surface area contributed by atoms with Gasteiger partial charge >= 0.3 is 29.6 Å². The minimum Gasteiger partial charge on any atom is -1.00 e. The number of H-pyrrole nitrogens is 2. The van der Waals surface area contributed by atoms with E-state index in [0.29, 0.717) is 17.0 Å². The van der Waals surface area contributed by atoms with Gasteiger partial charge in [0.1, 0.15) is 0 Å². The monoisotopic (exact) mass is 844 g/mol. The van der Waals surface area contributed by atoms with Gasteiger partial charge in [-0.25, -0.2) is 8.78 Å². The van der Waals surface area contributed by atoms with Crippen LogP contribution >= 0.6 is 55.1 Å². The minimum absolute atomic E-state index is 0. The molecule has 1 atom stereocenters. The van der Waals surface area contributed by atoms with Gasteiger partial charge in [0.2, 0.25) is 0 Å². The molecule has 2 N–H and O–H groups in total. The molecule has 0 amide bonds. The van der Waals surface area contributed by atoms with E-state index in [0.717, 1.165) is 68.1 Å². The summed E-state index contributed by atoms with van der Waals surface area (Å²) in [5, 5.41) is 2.95. The van der Waals surface area contributed by atoms with E-state index in [4.69, 9.17) is 23.2 Å². The predicted octanol–water partition coefficient (Wildman–Crippen LogP) is 8.10. The predicted molar refractivity (Wildman–Crippen MR) is 206 cm³/mol. The molecule has 7 aromatic rings. The van der Waals surface area contributed by atoms with Crippen LogP contribution in [0.1, 0.15) is 42.2 Å². The summed E-state index contributed by atoms with van der Waals surface area (Å²) >= 11 is 19.0. The average molecular weight is 847 g/mol. The molecule has 4 nitrogen and oxygen atoms in total. The zero-order chi connectivity index (χ0) is 33.7. The molecule has 0 spiro atoms. The molecule has 8 rings (SSSR count). The summed E-state index contributed by atoms with van der Waals surface area (Å²) in [6, 6.07) is 24.0. The molecule has 0 saturated heterocycles. The van der Waals surface area contributed by atoms with E-state index >= 15 is 0 Å². The number of nitrogens with one attached hydrogen (secondary N) is 2. The Hall–Kier alpha value is -2.21. The Bertz CT molecular complexity index is 2330. The van der Waals surface area contributed by atoms with E-state index in [2.05, 4.69) is 101 Å². The number of hydrogen-bond acceptors (Lipinski definition) is 1. The second kappa shape index (κ2) is 16.2. The SMILES string of the molecule is CC1CN(Cc2ccccc2)Cc2c1[nH]c1c(F)c(Cl)cc(Br)c21.Cc1c[n+](Cc2ccccc2)cc2c1[nH]c1c(F)c(Cl)cc(Br)c12.[B].[H-].[Na+]. The van der Waals surface area contributed by atoms with Gasteiger partial charge in [-0.3, -0.25) is 4.90 Å². The van der Waals surface area contributed by atoms with Gasteiger partial charge in [0.25, 0.3) is 0 Å². The van der Waals surface area contributed by atoms with E-state index in [-0.39, 0.29) is 55.3 Å². The number of halogens is 6. The quantitative estimate of drug-likeness (QED) is 0.105. The van der Waals surface area contributed by atoms with Crippen LogP contribution in [0, 0.1) is 18.6 Å². The molecule has 12 heteroatoms. The molecule has 50 heavy (non-hydrogen) atoms. The molecule has 0 aliphatic carbocycles. The number of hydrogen-bond donors (Lipinski definition) is 2. The molecule has 249 valence electrons. The summed E-state index contributed by atoms with van der Waals surface area (Å²) in [5.74, 6) is -0.471. The van der Waals surface area contributed by atoms with Crippen molar-refractivity contribution in [1.82, 2.24) is 14.9 Å². The standard InChI is InChI=1S/C19H17BrClFN2.C19H13BrClFN2.B.Na.H/c2*1-11-8-24(9-12-5-3-2-4-6-12)10-13-16-14(20)7-15(21)17(22)19(16)23-18(11)13;;;/h2-7,11,23H,8-10H2,1H3;2-8,10H,9H2,1H3;;;/q;;;+1;-1/p+1. The first kappa shape index (κ1) is 39.0. The van der Waals surface area contributed by atoms with Gasteiger partial charge in [-0.15, -0.1) is 0 Å². The van der Waals surface area contributed by atoms with Crippen molar-refractivity contribution in [2.75, 3.05) is 6.54 Å². The summed E-state index contributed by atoms with van der Waals surface area (Å²) in [6.45, 7) is 7.60. The maximum absolute atomic E-state index is 14.4. The number of nitrogens with zero attached hydrogens (tertiary/aromatic N) is 2. The summed E-state index contributed by atoms with van der Waals surface area (Å²) in [5.41, 5.74) is 7.73. The average Bonchev–Trinajstić information content (AvgIpc) is 3.65. The maximum atomic E-state index is 14.4. The summed E-state index contributed by atoms with van der Waals surface area (Å²) in [6.07, 6.45) is 4.12. The van der Waals surface area contributed by atoms with Crippen LogP contribution in [0.5, 0.6) is 0 Å². The van der Waals surface area contributed by atoms with Gasteiger partial charge in [0.05, 0.1) is 32.0 Å². The van der Waals surface area contributed by atoms with Gasteiger partial charge in [-0.1, -0.05) is 123 Å². The Kier molecular flexibility index (Phi) is 12.7. The van der Waals surface area contributed by atoms with Gasteiger partial charge < -0.3 is 11.4 Å². The molecule has 1 aliphatic heterocycles. The summed E-state index contributed by atoms with van der Waals surface area (Å²) < 4.78 is 32.6. The van der Waals surface area contributed by atoms with E-state index in [1.807, 2.05) is 37.4 Å². The van der Waals surface area contributed by atoms with Crippen molar-refractivity contribution in [3.63, 3.8) is 0 Å². The Morgan fingerprint density at radius 2 is 1.40 bits per heavy atom. The first-order valence-corrected chi connectivity index (χ1v) is 17.9. The second-order valence-electron chi connectivity index (χ2n) is 12.4. The molecule has 4 heterocycles. The molecule has 0 bridgehead atoms. The molecule has 1 aliphatic rings. The zero-order valence-corrected chi connectivity index (χ0v) is 34.4. The maximum Gasteiger partial charge on any atom is 1.00 e. The Balaban J connectivity index is 0.000000216. The molecule has 4 aromatic carbocycles. The van der Waals surface area contributed by atoms with E-state index < -0.39 is 5.82 Å². The zero-order valence-electron chi connectivity index (χ0n) is 28.7. The molecular formula is C38H32BBr2Cl2F2N4Na+. The van der Waals surface area contributed by atoms with Gasteiger partial charge in [-0.05, 0) is 30.2 Å². The van der Waals surface area contributed by atoms with Crippen molar-refractivity contribution in [2.24, 2.45) is 0 Å². The fourth-order valence-corrected chi connectivity index (χ4v) is 8.78. The van der Waals surface area contributed by atoms with Crippen LogP contribution in [-0.2, 0) is 19.6 Å². The largest absolute Gasteiger partial charge is 1.00 e. The number of pyridine rings is 1. The van der Waals surface area contributed by atoms with Crippen LogP contribution in [0.3, 0.4) is 0 Å². The normalized spacial score (nSPS) is 14.2. The van der Waals surface area contributed by atoms with Crippen LogP contribution in [0.15, 0.2) is 94.1 Å². The number of aromatic amines is 2. The van der Waals surface area contributed by atoms with Gasteiger partial charge in [-0.2, -0.15) is 4.57 Å². The first-order valence-electron chi connectivity index (χ1n) is 15.6.